The maximum Gasteiger partial charge on any atom is 0.216 e. The Morgan fingerprint density at radius 3 is 2.75 bits per heavy atom. The van der Waals surface area contributed by atoms with E-state index in [0.717, 1.165) is 11.4 Å². The van der Waals surface area contributed by atoms with Gasteiger partial charge in [0, 0.05) is 29.9 Å². The summed E-state index contributed by atoms with van der Waals surface area (Å²) in [6.45, 7) is 6.14. The molecule has 2 heterocycles. The number of nitrogens with one attached hydrogen (secondary N) is 1. The molecule has 7 heteroatoms. The normalized spacial score (nSPS) is 18.7. The SMILES string of the molecule is CC(Sc1n[nH]c(N)n1)C(=O)/C=C1/N(C)c2ccccc2C1(C)C. The molecule has 1 aliphatic rings. The number of aromatic nitrogens is 3. The van der Waals surface area contributed by atoms with E-state index in [1.54, 1.807) is 6.08 Å². The lowest BCUT2D eigenvalue weighted by molar-refractivity contribution is -0.114. The first kappa shape index (κ1) is 16.6. The molecule has 0 bridgehead atoms. The van der Waals surface area contributed by atoms with E-state index in [1.165, 1.54) is 17.3 Å². The lowest BCUT2D eigenvalue weighted by Crippen LogP contribution is -2.25. The van der Waals surface area contributed by atoms with Gasteiger partial charge in [-0.3, -0.25) is 4.79 Å². The molecule has 0 fully saturated rings. The van der Waals surface area contributed by atoms with Gasteiger partial charge in [0.2, 0.25) is 11.1 Å². The van der Waals surface area contributed by atoms with E-state index in [9.17, 15) is 4.79 Å². The Labute approximate surface area is 145 Å². The van der Waals surface area contributed by atoms with Gasteiger partial charge in [-0.15, -0.1) is 5.10 Å². The van der Waals surface area contributed by atoms with E-state index in [-0.39, 0.29) is 22.4 Å². The molecule has 1 aromatic carbocycles. The van der Waals surface area contributed by atoms with Gasteiger partial charge in [-0.1, -0.05) is 43.8 Å². The third-order valence-electron chi connectivity index (χ3n) is 4.38. The van der Waals surface area contributed by atoms with Gasteiger partial charge in [0.25, 0.3) is 0 Å². The van der Waals surface area contributed by atoms with Crippen molar-refractivity contribution in [2.24, 2.45) is 0 Å². The van der Waals surface area contributed by atoms with Crippen molar-refractivity contribution in [3.63, 3.8) is 0 Å². The van der Waals surface area contributed by atoms with Gasteiger partial charge in [0.1, 0.15) is 0 Å². The van der Waals surface area contributed by atoms with Crippen LogP contribution in [0.5, 0.6) is 0 Å². The van der Waals surface area contributed by atoms with Crippen LogP contribution < -0.4 is 10.6 Å². The number of hydrogen-bond acceptors (Lipinski definition) is 6. The predicted octanol–water partition coefficient (Wildman–Crippen LogP) is 2.75. The second kappa shape index (κ2) is 5.98. The minimum Gasteiger partial charge on any atom is -0.368 e. The summed E-state index contributed by atoms with van der Waals surface area (Å²) in [5.41, 5.74) is 8.68. The Kier molecular flexibility index (Phi) is 4.13. The number of allylic oxidation sites excluding steroid dienone is 2. The van der Waals surface area contributed by atoms with Gasteiger partial charge in [-0.25, -0.2) is 5.10 Å². The molecule has 6 nitrogen and oxygen atoms in total. The van der Waals surface area contributed by atoms with E-state index < -0.39 is 0 Å². The first-order chi connectivity index (χ1) is 11.3. The summed E-state index contributed by atoms with van der Waals surface area (Å²) >= 11 is 1.30. The van der Waals surface area contributed by atoms with Crippen LogP contribution in [0.4, 0.5) is 11.6 Å². The number of ketones is 1. The number of hydrogen-bond donors (Lipinski definition) is 2. The number of H-pyrrole nitrogens is 1. The number of fused-ring (bicyclic) bond motifs is 1. The van der Waals surface area contributed by atoms with E-state index in [0.29, 0.717) is 5.16 Å². The van der Waals surface area contributed by atoms with Gasteiger partial charge in [0.15, 0.2) is 5.78 Å². The van der Waals surface area contributed by atoms with Crippen LogP contribution in [0.25, 0.3) is 0 Å². The molecule has 0 radical (unpaired) electrons. The van der Waals surface area contributed by atoms with Crippen LogP contribution in [0.2, 0.25) is 0 Å². The van der Waals surface area contributed by atoms with E-state index in [2.05, 4.69) is 46.1 Å². The number of aromatic amines is 1. The van der Waals surface area contributed by atoms with E-state index in [4.69, 9.17) is 5.73 Å². The van der Waals surface area contributed by atoms with Gasteiger partial charge < -0.3 is 10.6 Å². The van der Waals surface area contributed by atoms with Gasteiger partial charge in [0.05, 0.1) is 5.25 Å². The smallest absolute Gasteiger partial charge is 0.216 e. The topological polar surface area (TPSA) is 87.9 Å². The third-order valence-corrected chi connectivity index (χ3v) is 5.36. The fourth-order valence-corrected chi connectivity index (χ4v) is 3.79. The Balaban J connectivity index is 1.84. The van der Waals surface area contributed by atoms with Crippen molar-refractivity contribution in [1.82, 2.24) is 15.2 Å². The molecule has 0 aliphatic carbocycles. The van der Waals surface area contributed by atoms with Crippen molar-refractivity contribution < 1.29 is 4.79 Å². The number of para-hydroxylation sites is 1. The van der Waals surface area contributed by atoms with Gasteiger partial charge >= 0.3 is 0 Å². The third kappa shape index (κ3) is 2.80. The fourth-order valence-electron chi connectivity index (χ4n) is 3.04. The Morgan fingerprint density at radius 2 is 2.12 bits per heavy atom. The van der Waals surface area contributed by atoms with Crippen molar-refractivity contribution in [3.05, 3.63) is 41.6 Å². The Morgan fingerprint density at radius 1 is 1.42 bits per heavy atom. The summed E-state index contributed by atoms with van der Waals surface area (Å²) in [7, 11) is 2.00. The zero-order chi connectivity index (χ0) is 17.5. The largest absolute Gasteiger partial charge is 0.368 e. The molecule has 1 aromatic heterocycles. The lowest BCUT2D eigenvalue weighted by Gasteiger charge is -2.24. The predicted molar refractivity (Wildman–Crippen MR) is 97.1 cm³/mol. The number of carbonyl (C=O) groups excluding carboxylic acids is 1. The van der Waals surface area contributed by atoms with Crippen LogP contribution in [0.15, 0.2) is 41.2 Å². The number of likely N-dealkylation sites (N-methyl/N-ethyl adjacent to an activating group) is 1. The Bertz CT molecular complexity index is 811. The molecule has 2 aromatic rings. The highest BCUT2D eigenvalue weighted by molar-refractivity contribution is 8.00. The van der Waals surface area contributed by atoms with Crippen molar-refractivity contribution in [1.29, 1.82) is 0 Å². The Hall–Kier alpha value is -2.28. The van der Waals surface area contributed by atoms with Crippen LogP contribution in [0, 0.1) is 0 Å². The van der Waals surface area contributed by atoms with Crippen LogP contribution in [-0.2, 0) is 10.2 Å². The standard InChI is InChI=1S/C17H21N5OS/c1-10(24-16-19-15(18)20-21-16)13(23)9-14-17(2,3)11-7-5-6-8-12(11)22(14)4/h5-10H,1-4H3,(H3,18,19,20,21)/b14-9+. The summed E-state index contributed by atoms with van der Waals surface area (Å²) in [5.74, 6) is 0.286. The van der Waals surface area contributed by atoms with E-state index >= 15 is 0 Å². The minimum atomic E-state index is -0.291. The highest BCUT2D eigenvalue weighted by atomic mass is 32.2. The molecule has 1 aliphatic heterocycles. The summed E-state index contributed by atoms with van der Waals surface area (Å²) in [6.07, 6.45) is 1.74. The second-order valence-electron chi connectivity index (χ2n) is 6.40. The molecular weight excluding hydrogens is 322 g/mol. The second-order valence-corrected chi connectivity index (χ2v) is 7.70. The molecule has 1 atom stereocenters. The maximum absolute atomic E-state index is 12.7. The zero-order valence-electron chi connectivity index (χ0n) is 14.2. The molecule has 0 spiro atoms. The molecule has 1 unspecified atom stereocenters. The first-order valence-corrected chi connectivity index (χ1v) is 8.62. The number of nitrogen functional groups attached to an aromatic ring is 1. The van der Waals surface area contributed by atoms with Crippen LogP contribution in [0.1, 0.15) is 26.3 Å². The summed E-state index contributed by atoms with van der Waals surface area (Å²) in [5, 5.41) is 6.73. The number of nitrogens with zero attached hydrogens (tertiary/aromatic N) is 3. The van der Waals surface area contributed by atoms with Crippen molar-refractivity contribution in [2.45, 2.75) is 36.6 Å². The average molecular weight is 343 g/mol. The highest BCUT2D eigenvalue weighted by Crippen LogP contribution is 2.46. The van der Waals surface area contributed by atoms with Crippen molar-refractivity contribution in [2.75, 3.05) is 17.7 Å². The van der Waals surface area contributed by atoms with Gasteiger partial charge in [-0.05, 0) is 18.6 Å². The highest BCUT2D eigenvalue weighted by Gasteiger charge is 2.38. The number of anilines is 2. The number of thioether (sulfide) groups is 1. The summed E-state index contributed by atoms with van der Waals surface area (Å²) in [6, 6.07) is 8.25. The molecule has 24 heavy (non-hydrogen) atoms. The van der Waals surface area contributed by atoms with Crippen molar-refractivity contribution in [3.8, 4) is 0 Å². The molecule has 0 saturated heterocycles. The number of carbonyl (C=O) groups is 1. The fraction of sp³-hybridized carbons (Fsp3) is 0.353. The molecule has 3 N–H and O–H groups in total. The molecule has 3 rings (SSSR count). The molecule has 0 amide bonds. The number of benzene rings is 1. The number of nitrogens with two attached hydrogens (primary N) is 1. The molecule has 0 saturated carbocycles. The van der Waals surface area contributed by atoms with E-state index in [1.807, 2.05) is 26.1 Å². The summed E-state index contributed by atoms with van der Waals surface area (Å²) in [4.78, 5) is 18.8. The zero-order valence-corrected chi connectivity index (χ0v) is 15.0. The number of rotatable bonds is 4. The van der Waals surface area contributed by atoms with Crippen molar-refractivity contribution >= 4 is 29.2 Å². The monoisotopic (exact) mass is 343 g/mol. The first-order valence-electron chi connectivity index (χ1n) is 7.74. The molecule has 126 valence electrons. The molecular formula is C17H21N5OS. The van der Waals surface area contributed by atoms with Crippen LogP contribution in [-0.4, -0.2) is 33.3 Å². The van der Waals surface area contributed by atoms with Gasteiger partial charge in [-0.2, -0.15) is 4.98 Å². The quantitative estimate of drug-likeness (QED) is 0.655. The summed E-state index contributed by atoms with van der Waals surface area (Å²) < 4.78 is 0. The average Bonchev–Trinajstić information content (AvgIpc) is 3.03. The lowest BCUT2D eigenvalue weighted by atomic mass is 9.83. The maximum atomic E-state index is 12.7. The van der Waals surface area contributed by atoms with Crippen LogP contribution >= 0.6 is 11.8 Å². The minimum absolute atomic E-state index is 0.0334. The van der Waals surface area contributed by atoms with Crippen LogP contribution in [0.3, 0.4) is 0 Å².